The Bertz CT molecular complexity index is 619. The monoisotopic (exact) mass is 296 g/mol. The normalized spacial score (nSPS) is 23.5. The molecule has 4 nitrogen and oxygen atoms in total. The summed E-state index contributed by atoms with van der Waals surface area (Å²) < 4.78 is 25.5. The van der Waals surface area contributed by atoms with Gasteiger partial charge in [0.1, 0.15) is 0 Å². The number of carbonyl (C=O) groups is 1. The number of benzene rings is 1. The van der Waals surface area contributed by atoms with Gasteiger partial charge in [0, 0.05) is 0 Å². The Hall–Kier alpha value is -1.36. The first-order valence-corrected chi connectivity index (χ1v) is 8.45. The number of hydrogen-bond acceptors (Lipinski definition) is 3. The van der Waals surface area contributed by atoms with Crippen molar-refractivity contribution in [1.29, 1.82) is 0 Å². The van der Waals surface area contributed by atoms with Crippen molar-refractivity contribution in [3.63, 3.8) is 0 Å². The third-order valence-corrected chi connectivity index (χ3v) is 6.43. The highest BCUT2D eigenvalue weighted by molar-refractivity contribution is 7.92. The molecule has 5 heteroatoms. The van der Waals surface area contributed by atoms with Crippen LogP contribution in [0.2, 0.25) is 0 Å². The molecule has 1 N–H and O–H groups in total. The molecule has 1 fully saturated rings. The van der Waals surface area contributed by atoms with Crippen molar-refractivity contribution in [3.05, 3.63) is 29.3 Å². The lowest BCUT2D eigenvalue weighted by Crippen LogP contribution is -2.28. The van der Waals surface area contributed by atoms with Gasteiger partial charge in [0.05, 0.1) is 15.7 Å². The van der Waals surface area contributed by atoms with Gasteiger partial charge < -0.3 is 5.11 Å². The van der Waals surface area contributed by atoms with E-state index in [9.17, 15) is 13.2 Å². The zero-order chi connectivity index (χ0) is 14.9. The molecule has 0 heterocycles. The average Bonchev–Trinajstić information content (AvgIpc) is 2.38. The fraction of sp³-hybridized carbons (Fsp3) is 0.533. The van der Waals surface area contributed by atoms with Crippen LogP contribution in [-0.4, -0.2) is 24.7 Å². The lowest BCUT2D eigenvalue weighted by atomic mass is 9.91. The largest absolute Gasteiger partial charge is 0.478 e. The molecule has 20 heavy (non-hydrogen) atoms. The predicted octanol–water partition coefficient (Wildman–Crippen LogP) is 3.05. The van der Waals surface area contributed by atoms with Crippen LogP contribution in [0.4, 0.5) is 0 Å². The summed E-state index contributed by atoms with van der Waals surface area (Å²) in [6, 6.07) is 4.31. The highest BCUT2D eigenvalue weighted by Gasteiger charge is 2.32. The van der Waals surface area contributed by atoms with E-state index in [-0.39, 0.29) is 15.7 Å². The number of aromatic carboxylic acids is 1. The van der Waals surface area contributed by atoms with Gasteiger partial charge in [-0.25, -0.2) is 13.2 Å². The van der Waals surface area contributed by atoms with Crippen LogP contribution in [-0.2, 0) is 9.84 Å². The zero-order valence-electron chi connectivity index (χ0n) is 11.8. The SMILES string of the molecule is Cc1ccc(C(=O)O)cc1S(=O)(=O)C1CCCC(C)C1. The summed E-state index contributed by atoms with van der Waals surface area (Å²) >= 11 is 0. The summed E-state index contributed by atoms with van der Waals surface area (Å²) in [6.45, 7) is 3.78. The van der Waals surface area contributed by atoms with E-state index in [2.05, 4.69) is 6.92 Å². The van der Waals surface area contributed by atoms with E-state index >= 15 is 0 Å². The standard InChI is InChI=1S/C15H20O4S/c1-10-4-3-5-13(8-10)20(18,19)14-9-12(15(16)17)7-6-11(14)2/h6-7,9-10,13H,3-5,8H2,1-2H3,(H,16,17). The molecule has 2 atom stereocenters. The van der Waals surface area contributed by atoms with Crippen LogP contribution in [0, 0.1) is 12.8 Å². The summed E-state index contributed by atoms with van der Waals surface area (Å²) in [5.41, 5.74) is 0.645. The third kappa shape index (κ3) is 2.87. The van der Waals surface area contributed by atoms with Crippen molar-refractivity contribution in [2.45, 2.75) is 49.7 Å². The molecule has 0 amide bonds. The summed E-state index contributed by atoms with van der Waals surface area (Å²) in [5.74, 6) is -0.690. The van der Waals surface area contributed by atoms with E-state index < -0.39 is 15.8 Å². The average molecular weight is 296 g/mol. The lowest BCUT2D eigenvalue weighted by molar-refractivity contribution is 0.0696. The molecular formula is C15H20O4S. The fourth-order valence-electron chi connectivity index (χ4n) is 2.88. The van der Waals surface area contributed by atoms with Gasteiger partial charge in [0.25, 0.3) is 0 Å². The number of carboxylic acid groups (broad SMARTS) is 1. The van der Waals surface area contributed by atoms with E-state index in [0.717, 1.165) is 12.8 Å². The Morgan fingerprint density at radius 3 is 2.60 bits per heavy atom. The molecular weight excluding hydrogens is 276 g/mol. The Morgan fingerprint density at radius 1 is 1.30 bits per heavy atom. The Labute approximate surface area is 119 Å². The van der Waals surface area contributed by atoms with Gasteiger partial charge in [-0.15, -0.1) is 0 Å². The molecule has 0 saturated heterocycles. The number of rotatable bonds is 3. The number of carboxylic acids is 1. The number of hydrogen-bond donors (Lipinski definition) is 1. The topological polar surface area (TPSA) is 71.4 Å². The number of sulfone groups is 1. The van der Waals surface area contributed by atoms with Gasteiger partial charge in [0.15, 0.2) is 9.84 Å². The molecule has 1 aromatic carbocycles. The highest BCUT2D eigenvalue weighted by atomic mass is 32.2. The van der Waals surface area contributed by atoms with Gasteiger partial charge in [-0.3, -0.25) is 0 Å². The molecule has 0 spiro atoms. The van der Waals surface area contributed by atoms with Gasteiger partial charge in [0.2, 0.25) is 0 Å². The summed E-state index contributed by atoms with van der Waals surface area (Å²) in [5, 5.41) is 8.64. The second-order valence-corrected chi connectivity index (χ2v) is 7.92. The predicted molar refractivity (Wildman–Crippen MR) is 76.7 cm³/mol. The second kappa shape index (κ2) is 5.56. The van der Waals surface area contributed by atoms with Crippen LogP contribution in [0.5, 0.6) is 0 Å². The van der Waals surface area contributed by atoms with E-state index in [1.165, 1.54) is 12.1 Å². The van der Waals surface area contributed by atoms with Crippen LogP contribution in [0.3, 0.4) is 0 Å². The summed E-state index contributed by atoms with van der Waals surface area (Å²) in [7, 11) is -3.44. The Kier molecular flexibility index (Phi) is 4.18. The van der Waals surface area contributed by atoms with Crippen LogP contribution in [0.25, 0.3) is 0 Å². The summed E-state index contributed by atoms with van der Waals surface area (Å²) in [4.78, 5) is 11.2. The molecule has 0 aliphatic heterocycles. The third-order valence-electron chi connectivity index (χ3n) is 4.07. The minimum atomic E-state index is -3.44. The quantitative estimate of drug-likeness (QED) is 0.930. The molecule has 0 aromatic heterocycles. The van der Waals surface area contributed by atoms with Crippen LogP contribution >= 0.6 is 0 Å². The first-order chi connectivity index (χ1) is 9.32. The van der Waals surface area contributed by atoms with Crippen molar-refractivity contribution in [2.24, 2.45) is 5.92 Å². The first-order valence-electron chi connectivity index (χ1n) is 6.90. The lowest BCUT2D eigenvalue weighted by Gasteiger charge is -2.27. The maximum atomic E-state index is 12.7. The van der Waals surface area contributed by atoms with Gasteiger partial charge in [-0.05, 0) is 43.4 Å². The molecule has 2 rings (SSSR count). The number of aryl methyl sites for hydroxylation is 1. The molecule has 1 aliphatic carbocycles. The Balaban J connectivity index is 2.43. The van der Waals surface area contributed by atoms with Crippen LogP contribution in [0.1, 0.15) is 48.5 Å². The molecule has 0 bridgehead atoms. The molecule has 1 aromatic rings. The van der Waals surface area contributed by atoms with Crippen molar-refractivity contribution in [1.82, 2.24) is 0 Å². The Morgan fingerprint density at radius 2 is 2.00 bits per heavy atom. The van der Waals surface area contributed by atoms with Crippen molar-refractivity contribution in [3.8, 4) is 0 Å². The maximum Gasteiger partial charge on any atom is 0.335 e. The van der Waals surface area contributed by atoms with Gasteiger partial charge in [-0.1, -0.05) is 25.8 Å². The van der Waals surface area contributed by atoms with Gasteiger partial charge in [-0.2, -0.15) is 0 Å². The van der Waals surface area contributed by atoms with Gasteiger partial charge >= 0.3 is 5.97 Å². The second-order valence-electron chi connectivity index (χ2n) is 5.72. The maximum absolute atomic E-state index is 12.7. The minimum Gasteiger partial charge on any atom is -0.478 e. The smallest absolute Gasteiger partial charge is 0.335 e. The highest BCUT2D eigenvalue weighted by Crippen LogP contribution is 2.33. The van der Waals surface area contributed by atoms with E-state index in [0.29, 0.717) is 24.3 Å². The van der Waals surface area contributed by atoms with Crippen molar-refractivity contribution < 1.29 is 18.3 Å². The fourth-order valence-corrected chi connectivity index (χ4v) is 5.11. The zero-order valence-corrected chi connectivity index (χ0v) is 12.6. The van der Waals surface area contributed by atoms with E-state index in [1.807, 2.05) is 0 Å². The van der Waals surface area contributed by atoms with Crippen molar-refractivity contribution >= 4 is 15.8 Å². The molecule has 110 valence electrons. The van der Waals surface area contributed by atoms with Crippen LogP contribution in [0.15, 0.2) is 23.1 Å². The first kappa shape index (κ1) is 15.0. The van der Waals surface area contributed by atoms with E-state index in [1.54, 1.807) is 13.0 Å². The molecule has 1 saturated carbocycles. The molecule has 1 aliphatic rings. The molecule has 2 unspecified atom stereocenters. The molecule has 0 radical (unpaired) electrons. The van der Waals surface area contributed by atoms with E-state index in [4.69, 9.17) is 5.11 Å². The van der Waals surface area contributed by atoms with Crippen LogP contribution < -0.4 is 0 Å². The summed E-state index contributed by atoms with van der Waals surface area (Å²) in [6.07, 6.45) is 3.32. The minimum absolute atomic E-state index is 0.0260. The van der Waals surface area contributed by atoms with Crippen molar-refractivity contribution in [2.75, 3.05) is 0 Å².